The Morgan fingerprint density at radius 3 is 2.55 bits per heavy atom. The van der Waals surface area contributed by atoms with Crippen LogP contribution in [0.15, 0.2) is 59.4 Å². The molecule has 0 saturated carbocycles. The van der Waals surface area contributed by atoms with Gasteiger partial charge >= 0.3 is 6.03 Å². The van der Waals surface area contributed by atoms with Gasteiger partial charge in [-0.15, -0.1) is 0 Å². The van der Waals surface area contributed by atoms with Crippen molar-refractivity contribution in [2.75, 3.05) is 44.2 Å². The number of carbonyl (C=O) groups excluding carboxylic acids is 1. The zero-order valence-corrected chi connectivity index (χ0v) is 18.7. The van der Waals surface area contributed by atoms with Crippen LogP contribution in [0.5, 0.6) is 0 Å². The summed E-state index contributed by atoms with van der Waals surface area (Å²) in [5.41, 5.74) is 2.57. The molecule has 2 fully saturated rings. The summed E-state index contributed by atoms with van der Waals surface area (Å²) < 4.78 is 7.38. The Bertz CT molecular complexity index is 1170. The largest absolute Gasteiger partial charge is 0.376 e. The van der Waals surface area contributed by atoms with Crippen LogP contribution in [0.3, 0.4) is 0 Å². The van der Waals surface area contributed by atoms with Gasteiger partial charge in [0, 0.05) is 39.3 Å². The summed E-state index contributed by atoms with van der Waals surface area (Å²) in [5, 5.41) is 2.98. The lowest BCUT2D eigenvalue weighted by Crippen LogP contribution is -2.53. The van der Waals surface area contributed by atoms with Crippen molar-refractivity contribution in [2.45, 2.75) is 25.5 Å². The third-order valence-electron chi connectivity index (χ3n) is 6.39. The molecule has 8 nitrogen and oxygen atoms in total. The Kier molecular flexibility index (Phi) is 6.26. The second-order valence-electron chi connectivity index (χ2n) is 8.60. The molecule has 5 rings (SSSR count). The number of amides is 2. The number of aromatic nitrogens is 2. The number of urea groups is 1. The number of hydrogen-bond acceptors (Lipinski definition) is 5. The fourth-order valence-corrected chi connectivity index (χ4v) is 4.55. The second-order valence-corrected chi connectivity index (χ2v) is 8.60. The second kappa shape index (κ2) is 9.62. The van der Waals surface area contributed by atoms with Gasteiger partial charge in [0.25, 0.3) is 5.56 Å². The van der Waals surface area contributed by atoms with E-state index in [1.165, 1.54) is 0 Å². The summed E-state index contributed by atoms with van der Waals surface area (Å²) >= 11 is 0. The summed E-state index contributed by atoms with van der Waals surface area (Å²) in [7, 11) is 0. The van der Waals surface area contributed by atoms with E-state index in [4.69, 9.17) is 9.72 Å². The van der Waals surface area contributed by atoms with Crippen LogP contribution >= 0.6 is 0 Å². The lowest BCUT2D eigenvalue weighted by atomic mass is 10.2. The summed E-state index contributed by atoms with van der Waals surface area (Å²) in [5.74, 6) is 0.448. The molecule has 2 aliphatic rings. The highest BCUT2D eigenvalue weighted by molar-refractivity contribution is 5.77. The van der Waals surface area contributed by atoms with Crippen LogP contribution in [0, 0.1) is 0 Å². The van der Waals surface area contributed by atoms with E-state index < -0.39 is 0 Å². The van der Waals surface area contributed by atoms with Crippen LogP contribution in [0.25, 0.3) is 11.0 Å². The Morgan fingerprint density at radius 2 is 1.79 bits per heavy atom. The Hall–Kier alpha value is -3.39. The number of rotatable bonds is 5. The predicted molar refractivity (Wildman–Crippen MR) is 128 cm³/mol. The normalized spacial score (nSPS) is 18.6. The Morgan fingerprint density at radius 1 is 1.03 bits per heavy atom. The minimum Gasteiger partial charge on any atom is -0.376 e. The first kappa shape index (κ1) is 21.5. The average Bonchev–Trinajstić information content (AvgIpc) is 3.39. The molecule has 0 spiro atoms. The maximum absolute atomic E-state index is 13.5. The van der Waals surface area contributed by atoms with Crippen LogP contribution < -0.4 is 15.8 Å². The first-order chi connectivity index (χ1) is 16.2. The maximum atomic E-state index is 13.5. The molecule has 1 aromatic heterocycles. The lowest BCUT2D eigenvalue weighted by Gasteiger charge is -2.35. The zero-order chi connectivity index (χ0) is 22.6. The maximum Gasteiger partial charge on any atom is 0.317 e. The molecule has 8 heteroatoms. The van der Waals surface area contributed by atoms with Gasteiger partial charge in [0.1, 0.15) is 0 Å². The molecule has 0 bridgehead atoms. The van der Waals surface area contributed by atoms with Gasteiger partial charge in [-0.05, 0) is 30.5 Å². The minimum absolute atomic E-state index is 0.0712. The molecule has 0 aliphatic carbocycles. The number of hydrogen-bond donors (Lipinski definition) is 1. The van der Waals surface area contributed by atoms with E-state index in [9.17, 15) is 9.59 Å². The molecule has 172 valence electrons. The molecule has 1 atom stereocenters. The van der Waals surface area contributed by atoms with Crippen LogP contribution in [0.1, 0.15) is 18.4 Å². The van der Waals surface area contributed by atoms with Crippen LogP contribution in [-0.4, -0.2) is 65.9 Å². The molecular formula is C25H29N5O3. The third kappa shape index (κ3) is 4.71. The Balaban J connectivity index is 1.32. The SMILES string of the molecule is O=C(NC[C@@H]1CCCO1)N1CCN(c2nc3ccccc3n(Cc3ccccc3)c2=O)CC1. The topological polar surface area (TPSA) is 79.7 Å². The number of fused-ring (bicyclic) bond motifs is 1. The first-order valence-electron chi connectivity index (χ1n) is 11.6. The van der Waals surface area contributed by atoms with Crippen molar-refractivity contribution < 1.29 is 9.53 Å². The Labute approximate surface area is 192 Å². The highest BCUT2D eigenvalue weighted by atomic mass is 16.5. The van der Waals surface area contributed by atoms with Crippen LogP contribution in [0.4, 0.5) is 10.6 Å². The standard InChI is InChI=1S/C25H29N5O3/c31-24-23(28-12-14-29(15-13-28)25(32)26-17-20-9-6-16-33-20)27-21-10-4-5-11-22(21)30(24)18-19-7-2-1-3-8-19/h1-5,7-8,10-11,20H,6,9,12-18H2,(H,26,32)/t20-/m0/s1. The van der Waals surface area contributed by atoms with Crippen molar-refractivity contribution in [3.05, 3.63) is 70.5 Å². The third-order valence-corrected chi connectivity index (χ3v) is 6.39. The monoisotopic (exact) mass is 447 g/mol. The van der Waals surface area contributed by atoms with E-state index in [2.05, 4.69) is 5.32 Å². The number of nitrogens with one attached hydrogen (secondary N) is 1. The van der Waals surface area contributed by atoms with E-state index in [0.29, 0.717) is 45.1 Å². The first-order valence-corrected chi connectivity index (χ1v) is 11.6. The fourth-order valence-electron chi connectivity index (χ4n) is 4.55. The minimum atomic E-state index is -0.103. The van der Waals surface area contributed by atoms with Gasteiger partial charge in [0.2, 0.25) is 0 Å². The van der Waals surface area contributed by atoms with Gasteiger partial charge in [-0.3, -0.25) is 9.36 Å². The molecule has 0 radical (unpaired) electrons. The predicted octanol–water partition coefficient (Wildman–Crippen LogP) is 2.46. The molecule has 2 aliphatic heterocycles. The van der Waals surface area contributed by atoms with Gasteiger partial charge < -0.3 is 19.9 Å². The molecule has 0 unspecified atom stereocenters. The van der Waals surface area contributed by atoms with Gasteiger partial charge in [-0.25, -0.2) is 9.78 Å². The highest BCUT2D eigenvalue weighted by Gasteiger charge is 2.25. The highest BCUT2D eigenvalue weighted by Crippen LogP contribution is 2.17. The number of piperazine rings is 1. The zero-order valence-electron chi connectivity index (χ0n) is 18.7. The number of nitrogens with zero attached hydrogens (tertiary/aromatic N) is 4. The van der Waals surface area contributed by atoms with E-state index in [1.54, 1.807) is 9.47 Å². The summed E-state index contributed by atoms with van der Waals surface area (Å²) in [6, 6.07) is 17.6. The molecular weight excluding hydrogens is 418 g/mol. The number of carbonyl (C=O) groups is 1. The number of benzene rings is 2. The summed E-state index contributed by atoms with van der Waals surface area (Å²) in [4.78, 5) is 34.6. The number of para-hydroxylation sites is 2. The van der Waals surface area contributed by atoms with Crippen molar-refractivity contribution in [3.8, 4) is 0 Å². The van der Waals surface area contributed by atoms with Gasteiger partial charge in [-0.1, -0.05) is 42.5 Å². The van der Waals surface area contributed by atoms with Crippen molar-refractivity contribution in [1.29, 1.82) is 0 Å². The summed E-state index contributed by atoms with van der Waals surface area (Å²) in [6.45, 7) is 4.04. The quantitative estimate of drug-likeness (QED) is 0.650. The van der Waals surface area contributed by atoms with Crippen molar-refractivity contribution in [3.63, 3.8) is 0 Å². The smallest absolute Gasteiger partial charge is 0.317 e. The molecule has 2 amide bonds. The molecule has 1 N–H and O–H groups in total. The number of anilines is 1. The molecule has 33 heavy (non-hydrogen) atoms. The van der Waals surface area contributed by atoms with E-state index in [0.717, 1.165) is 36.0 Å². The lowest BCUT2D eigenvalue weighted by molar-refractivity contribution is 0.108. The van der Waals surface area contributed by atoms with Crippen LogP contribution in [0.2, 0.25) is 0 Å². The van der Waals surface area contributed by atoms with Crippen molar-refractivity contribution in [2.24, 2.45) is 0 Å². The van der Waals surface area contributed by atoms with E-state index >= 15 is 0 Å². The van der Waals surface area contributed by atoms with Gasteiger partial charge in [0.15, 0.2) is 5.82 Å². The summed E-state index contributed by atoms with van der Waals surface area (Å²) in [6.07, 6.45) is 2.18. The number of ether oxygens (including phenoxy) is 1. The fraction of sp³-hybridized carbons (Fsp3) is 0.400. The van der Waals surface area contributed by atoms with Crippen LogP contribution in [-0.2, 0) is 11.3 Å². The molecule has 3 aromatic rings. The van der Waals surface area contributed by atoms with E-state index in [-0.39, 0.29) is 17.7 Å². The van der Waals surface area contributed by atoms with Crippen molar-refractivity contribution >= 4 is 22.9 Å². The van der Waals surface area contributed by atoms with Gasteiger partial charge in [-0.2, -0.15) is 0 Å². The molecule has 3 heterocycles. The van der Waals surface area contributed by atoms with Crippen molar-refractivity contribution in [1.82, 2.24) is 19.8 Å². The van der Waals surface area contributed by atoms with Gasteiger partial charge in [0.05, 0.1) is 23.7 Å². The van der Waals surface area contributed by atoms with E-state index in [1.807, 2.05) is 59.5 Å². The molecule has 2 saturated heterocycles. The molecule has 2 aromatic carbocycles. The average molecular weight is 448 g/mol.